The topological polar surface area (TPSA) is 66.2 Å². The summed E-state index contributed by atoms with van der Waals surface area (Å²) in [5, 5.41) is 10.3. The summed E-state index contributed by atoms with van der Waals surface area (Å²) in [6, 6.07) is 7.64. The number of carbonyl (C=O) groups is 1. The van der Waals surface area contributed by atoms with Crippen molar-refractivity contribution in [1.29, 1.82) is 0 Å². The summed E-state index contributed by atoms with van der Waals surface area (Å²) in [6.07, 6.45) is 0. The Morgan fingerprint density at radius 3 is 2.71 bits per heavy atom. The summed E-state index contributed by atoms with van der Waals surface area (Å²) in [7, 11) is 0. The molecule has 1 aliphatic rings. The Bertz CT molecular complexity index is 691. The Labute approximate surface area is 141 Å². The van der Waals surface area contributed by atoms with Gasteiger partial charge in [0, 0.05) is 43.7 Å². The third kappa shape index (κ3) is 3.61. The molecule has 0 spiro atoms. The molecule has 1 N–H and O–H groups in total. The molecule has 1 amide bonds. The molecule has 1 aliphatic heterocycles. The number of para-hydroxylation sites is 1. The quantitative estimate of drug-likeness (QED) is 0.868. The number of aryl methyl sites for hydroxylation is 1. The summed E-state index contributed by atoms with van der Waals surface area (Å²) in [4.78, 5) is 16.8. The number of aliphatic hydroxyl groups is 1. The SMILES string of the molecule is Cc1c(C(=O)N(CCO)CCN2CCOCC2)oc2ccccc12. The predicted octanol–water partition coefficient (Wildman–Crippen LogP) is 1.51. The lowest BCUT2D eigenvalue weighted by Gasteiger charge is -2.29. The minimum atomic E-state index is -0.161. The summed E-state index contributed by atoms with van der Waals surface area (Å²) in [5.74, 6) is 0.206. The Morgan fingerprint density at radius 1 is 1.25 bits per heavy atom. The normalized spacial score (nSPS) is 15.8. The van der Waals surface area contributed by atoms with Crippen LogP contribution in [0, 0.1) is 6.92 Å². The Hall–Kier alpha value is -1.89. The number of ether oxygens (including phenoxy) is 1. The number of nitrogens with zero attached hydrogens (tertiary/aromatic N) is 2. The minimum absolute atomic E-state index is 0.0614. The highest BCUT2D eigenvalue weighted by Gasteiger charge is 2.23. The number of rotatable bonds is 6. The fourth-order valence-electron chi connectivity index (χ4n) is 3.04. The summed E-state index contributed by atoms with van der Waals surface area (Å²) in [6.45, 7) is 6.71. The number of furan rings is 1. The number of amides is 1. The lowest BCUT2D eigenvalue weighted by Crippen LogP contribution is -2.44. The Kier molecular flexibility index (Phi) is 5.50. The average molecular weight is 332 g/mol. The molecule has 1 fully saturated rings. The highest BCUT2D eigenvalue weighted by molar-refractivity contribution is 5.98. The van der Waals surface area contributed by atoms with Crippen LogP contribution in [0.15, 0.2) is 28.7 Å². The zero-order valence-corrected chi connectivity index (χ0v) is 14.0. The van der Waals surface area contributed by atoms with Gasteiger partial charge in [0.2, 0.25) is 0 Å². The molecule has 2 aromatic rings. The minimum Gasteiger partial charge on any atom is -0.451 e. The van der Waals surface area contributed by atoms with Gasteiger partial charge in [0.25, 0.3) is 5.91 Å². The van der Waals surface area contributed by atoms with Crippen LogP contribution in [0.5, 0.6) is 0 Å². The molecule has 1 saturated heterocycles. The van der Waals surface area contributed by atoms with Crippen LogP contribution in [0.25, 0.3) is 11.0 Å². The van der Waals surface area contributed by atoms with Gasteiger partial charge in [-0.15, -0.1) is 0 Å². The smallest absolute Gasteiger partial charge is 0.290 e. The standard InChI is InChI=1S/C18H24N2O4/c1-14-15-4-2-3-5-16(15)24-17(14)18(22)20(8-11-21)7-6-19-9-12-23-13-10-19/h2-5,21H,6-13H2,1H3. The van der Waals surface area contributed by atoms with Crippen LogP contribution in [-0.2, 0) is 4.74 Å². The highest BCUT2D eigenvalue weighted by atomic mass is 16.5. The first-order chi connectivity index (χ1) is 11.7. The molecular weight excluding hydrogens is 308 g/mol. The van der Waals surface area contributed by atoms with Crippen LogP contribution < -0.4 is 0 Å². The largest absolute Gasteiger partial charge is 0.451 e. The van der Waals surface area contributed by atoms with Crippen LogP contribution in [0.3, 0.4) is 0 Å². The second kappa shape index (κ2) is 7.79. The number of hydrogen-bond acceptors (Lipinski definition) is 5. The second-order valence-electron chi connectivity index (χ2n) is 6.02. The number of fused-ring (bicyclic) bond motifs is 1. The first-order valence-electron chi connectivity index (χ1n) is 8.39. The van der Waals surface area contributed by atoms with Gasteiger partial charge in [0.15, 0.2) is 5.76 Å². The van der Waals surface area contributed by atoms with Crippen molar-refractivity contribution in [2.75, 3.05) is 52.5 Å². The van der Waals surface area contributed by atoms with Crippen molar-refractivity contribution < 1.29 is 19.1 Å². The fourth-order valence-corrected chi connectivity index (χ4v) is 3.04. The van der Waals surface area contributed by atoms with Gasteiger partial charge in [-0.05, 0) is 13.0 Å². The molecule has 24 heavy (non-hydrogen) atoms. The Morgan fingerprint density at radius 2 is 2.00 bits per heavy atom. The molecule has 1 aromatic carbocycles. The van der Waals surface area contributed by atoms with Gasteiger partial charge in [0.05, 0.1) is 19.8 Å². The van der Waals surface area contributed by atoms with Gasteiger partial charge in [-0.25, -0.2) is 0 Å². The van der Waals surface area contributed by atoms with Crippen LogP contribution in [0.4, 0.5) is 0 Å². The molecule has 0 aliphatic carbocycles. The van der Waals surface area contributed by atoms with Crippen LogP contribution in [0.2, 0.25) is 0 Å². The van der Waals surface area contributed by atoms with E-state index in [9.17, 15) is 9.90 Å². The molecular formula is C18H24N2O4. The first-order valence-corrected chi connectivity index (χ1v) is 8.39. The predicted molar refractivity (Wildman–Crippen MR) is 91.2 cm³/mol. The van der Waals surface area contributed by atoms with Crippen molar-refractivity contribution in [2.24, 2.45) is 0 Å². The van der Waals surface area contributed by atoms with E-state index in [0.717, 1.165) is 49.4 Å². The van der Waals surface area contributed by atoms with Crippen molar-refractivity contribution in [3.05, 3.63) is 35.6 Å². The van der Waals surface area contributed by atoms with Crippen molar-refractivity contribution in [2.45, 2.75) is 6.92 Å². The molecule has 2 heterocycles. The van der Waals surface area contributed by atoms with E-state index in [0.29, 0.717) is 18.8 Å². The molecule has 3 rings (SSSR count). The molecule has 6 heteroatoms. The molecule has 0 saturated carbocycles. The molecule has 0 bridgehead atoms. The highest BCUT2D eigenvalue weighted by Crippen LogP contribution is 2.25. The van der Waals surface area contributed by atoms with E-state index in [-0.39, 0.29) is 12.5 Å². The maximum absolute atomic E-state index is 12.9. The summed E-state index contributed by atoms with van der Waals surface area (Å²) in [5.41, 5.74) is 1.57. The van der Waals surface area contributed by atoms with Gasteiger partial charge in [-0.2, -0.15) is 0 Å². The second-order valence-corrected chi connectivity index (χ2v) is 6.02. The number of morpholine rings is 1. The third-order valence-corrected chi connectivity index (χ3v) is 4.48. The Balaban J connectivity index is 1.73. The van der Waals surface area contributed by atoms with Crippen molar-refractivity contribution >= 4 is 16.9 Å². The summed E-state index contributed by atoms with van der Waals surface area (Å²) >= 11 is 0. The maximum atomic E-state index is 12.9. The van der Waals surface area contributed by atoms with E-state index >= 15 is 0 Å². The van der Waals surface area contributed by atoms with E-state index in [4.69, 9.17) is 9.15 Å². The van der Waals surface area contributed by atoms with Gasteiger partial charge in [-0.1, -0.05) is 18.2 Å². The van der Waals surface area contributed by atoms with E-state index < -0.39 is 0 Å². The van der Waals surface area contributed by atoms with Crippen molar-refractivity contribution in [1.82, 2.24) is 9.80 Å². The monoisotopic (exact) mass is 332 g/mol. The number of carbonyl (C=O) groups excluding carboxylic acids is 1. The zero-order valence-electron chi connectivity index (χ0n) is 14.0. The van der Waals surface area contributed by atoms with Gasteiger partial charge in [0.1, 0.15) is 5.58 Å². The van der Waals surface area contributed by atoms with Crippen LogP contribution in [0.1, 0.15) is 16.1 Å². The van der Waals surface area contributed by atoms with Crippen LogP contribution in [-0.4, -0.2) is 73.4 Å². The van der Waals surface area contributed by atoms with Crippen LogP contribution >= 0.6 is 0 Å². The molecule has 1 aromatic heterocycles. The fraction of sp³-hybridized carbons (Fsp3) is 0.500. The van der Waals surface area contributed by atoms with Gasteiger partial charge < -0.3 is 19.2 Å². The van der Waals surface area contributed by atoms with E-state index in [1.807, 2.05) is 31.2 Å². The van der Waals surface area contributed by atoms with E-state index in [2.05, 4.69) is 4.90 Å². The maximum Gasteiger partial charge on any atom is 0.290 e. The van der Waals surface area contributed by atoms with E-state index in [1.165, 1.54) is 0 Å². The average Bonchev–Trinajstić information content (AvgIpc) is 2.96. The van der Waals surface area contributed by atoms with Gasteiger partial charge >= 0.3 is 0 Å². The lowest BCUT2D eigenvalue weighted by atomic mass is 10.1. The zero-order chi connectivity index (χ0) is 16.9. The number of hydrogen-bond donors (Lipinski definition) is 1. The van der Waals surface area contributed by atoms with Crippen molar-refractivity contribution in [3.8, 4) is 0 Å². The lowest BCUT2D eigenvalue weighted by molar-refractivity contribution is 0.0311. The number of aliphatic hydroxyl groups excluding tert-OH is 1. The van der Waals surface area contributed by atoms with E-state index in [1.54, 1.807) is 4.90 Å². The summed E-state index contributed by atoms with van der Waals surface area (Å²) < 4.78 is 11.1. The third-order valence-electron chi connectivity index (χ3n) is 4.48. The first kappa shape index (κ1) is 17.0. The van der Waals surface area contributed by atoms with Crippen molar-refractivity contribution in [3.63, 3.8) is 0 Å². The molecule has 0 unspecified atom stereocenters. The molecule has 0 radical (unpaired) electrons. The molecule has 130 valence electrons. The molecule has 0 atom stereocenters. The number of benzene rings is 1. The van der Waals surface area contributed by atoms with Gasteiger partial charge in [-0.3, -0.25) is 9.69 Å². The molecule has 6 nitrogen and oxygen atoms in total.